The largest absolute Gasteiger partial charge is 0.497 e. The van der Waals surface area contributed by atoms with E-state index in [-0.39, 0.29) is 4.90 Å². The van der Waals surface area contributed by atoms with E-state index in [1.54, 1.807) is 13.8 Å². The molecule has 1 aromatic carbocycles. The first kappa shape index (κ1) is 19.6. The highest BCUT2D eigenvalue weighted by Gasteiger charge is 2.63. The first-order chi connectivity index (χ1) is 11.3. The second-order valence-electron chi connectivity index (χ2n) is 6.69. The summed E-state index contributed by atoms with van der Waals surface area (Å²) in [6, 6.07) is 3.08. The van der Waals surface area contributed by atoms with Crippen molar-refractivity contribution in [3.8, 4) is 5.75 Å². The van der Waals surface area contributed by atoms with Gasteiger partial charge in [0.15, 0.2) is 0 Å². The number of hydrogen-bond donors (Lipinski definition) is 1. The van der Waals surface area contributed by atoms with Crippen LogP contribution >= 0.6 is 0 Å². The molecule has 0 radical (unpaired) electrons. The van der Waals surface area contributed by atoms with Gasteiger partial charge in [0.1, 0.15) is 11.3 Å². The minimum atomic E-state index is -4.18. The molecule has 0 spiro atoms. The molecule has 0 aliphatic heterocycles. The molecule has 0 heterocycles. The molecule has 1 aromatic rings. The summed E-state index contributed by atoms with van der Waals surface area (Å²) in [7, 11) is 0.0829. The molecule has 1 aliphatic rings. The Hall–Kier alpha value is -1.74. The van der Waals surface area contributed by atoms with Gasteiger partial charge in [0.2, 0.25) is 15.9 Å². The standard InChI is InChI=1S/C16H22F2N2O4S/c1-10-6-12(24-5)7-11(2)13(10)25(22,23)19-15(14(21)20(3)4)8-16(17,18)9-15/h6-7,19H,8-9H2,1-5H3. The lowest BCUT2D eigenvalue weighted by atomic mass is 9.73. The zero-order valence-electron chi connectivity index (χ0n) is 14.8. The number of methoxy groups -OCH3 is 1. The Morgan fingerprint density at radius 1 is 1.20 bits per heavy atom. The zero-order valence-corrected chi connectivity index (χ0v) is 15.6. The Morgan fingerprint density at radius 2 is 1.68 bits per heavy atom. The number of alkyl halides is 2. The van der Waals surface area contributed by atoms with Crippen molar-refractivity contribution in [1.29, 1.82) is 0 Å². The molecule has 1 aliphatic carbocycles. The molecule has 0 unspecified atom stereocenters. The van der Waals surface area contributed by atoms with E-state index in [1.807, 2.05) is 0 Å². The highest BCUT2D eigenvalue weighted by atomic mass is 32.2. The fourth-order valence-corrected chi connectivity index (χ4v) is 5.10. The molecule has 1 N–H and O–H groups in total. The zero-order chi connectivity index (χ0) is 19.2. The van der Waals surface area contributed by atoms with Crippen molar-refractivity contribution < 1.29 is 26.7 Å². The van der Waals surface area contributed by atoms with Crippen molar-refractivity contribution in [2.45, 2.75) is 43.0 Å². The van der Waals surface area contributed by atoms with E-state index < -0.39 is 40.2 Å². The van der Waals surface area contributed by atoms with E-state index in [2.05, 4.69) is 4.72 Å². The molecule has 6 nitrogen and oxygen atoms in total. The van der Waals surface area contributed by atoms with Crippen LogP contribution in [0, 0.1) is 13.8 Å². The minimum absolute atomic E-state index is 0.0329. The Bertz CT molecular complexity index is 775. The number of halogens is 2. The monoisotopic (exact) mass is 376 g/mol. The summed E-state index contributed by atoms with van der Waals surface area (Å²) in [5.41, 5.74) is -1.02. The quantitative estimate of drug-likeness (QED) is 0.851. The van der Waals surface area contributed by atoms with E-state index in [1.165, 1.54) is 33.3 Å². The van der Waals surface area contributed by atoms with E-state index in [0.29, 0.717) is 16.9 Å². The van der Waals surface area contributed by atoms with Crippen molar-refractivity contribution in [2.24, 2.45) is 0 Å². The molecule has 25 heavy (non-hydrogen) atoms. The van der Waals surface area contributed by atoms with Crippen LogP contribution in [0.4, 0.5) is 8.78 Å². The molecule has 140 valence electrons. The van der Waals surface area contributed by atoms with Gasteiger partial charge < -0.3 is 9.64 Å². The number of amides is 1. The number of carbonyl (C=O) groups excluding carboxylic acids is 1. The highest BCUT2D eigenvalue weighted by molar-refractivity contribution is 7.89. The minimum Gasteiger partial charge on any atom is -0.497 e. The third-order valence-electron chi connectivity index (χ3n) is 4.20. The molecule has 0 saturated heterocycles. The fraction of sp³-hybridized carbons (Fsp3) is 0.562. The lowest BCUT2D eigenvalue weighted by Gasteiger charge is -2.46. The van der Waals surface area contributed by atoms with Crippen LogP contribution in [0.3, 0.4) is 0 Å². The number of rotatable bonds is 5. The van der Waals surface area contributed by atoms with Gasteiger partial charge in [-0.1, -0.05) is 0 Å². The summed E-state index contributed by atoms with van der Waals surface area (Å²) < 4.78 is 60.0. The lowest BCUT2D eigenvalue weighted by molar-refractivity contribution is -0.166. The Balaban J connectivity index is 2.45. The number of sulfonamides is 1. The van der Waals surface area contributed by atoms with Gasteiger partial charge in [-0.3, -0.25) is 4.79 Å². The van der Waals surface area contributed by atoms with Gasteiger partial charge in [-0.05, 0) is 37.1 Å². The number of nitrogens with zero attached hydrogens (tertiary/aromatic N) is 1. The summed E-state index contributed by atoms with van der Waals surface area (Å²) in [5.74, 6) is -3.27. The van der Waals surface area contributed by atoms with Crippen molar-refractivity contribution in [1.82, 2.24) is 9.62 Å². The van der Waals surface area contributed by atoms with Crippen LogP contribution in [-0.2, 0) is 14.8 Å². The van der Waals surface area contributed by atoms with Crippen LogP contribution in [-0.4, -0.2) is 51.9 Å². The number of hydrogen-bond acceptors (Lipinski definition) is 4. The van der Waals surface area contributed by atoms with Crippen LogP contribution in [0.25, 0.3) is 0 Å². The van der Waals surface area contributed by atoms with Crippen molar-refractivity contribution in [2.75, 3.05) is 21.2 Å². The second-order valence-corrected chi connectivity index (χ2v) is 8.31. The van der Waals surface area contributed by atoms with Crippen LogP contribution in [0.2, 0.25) is 0 Å². The Morgan fingerprint density at radius 3 is 2.04 bits per heavy atom. The highest BCUT2D eigenvalue weighted by Crippen LogP contribution is 2.47. The van der Waals surface area contributed by atoms with E-state index in [9.17, 15) is 22.0 Å². The summed E-state index contributed by atoms with van der Waals surface area (Å²) >= 11 is 0. The first-order valence-corrected chi connectivity index (χ1v) is 9.11. The SMILES string of the molecule is COc1cc(C)c(S(=O)(=O)NC2(C(=O)N(C)C)CC(F)(F)C2)c(C)c1. The van der Waals surface area contributed by atoms with Gasteiger partial charge in [0, 0.05) is 26.9 Å². The summed E-state index contributed by atoms with van der Waals surface area (Å²) in [6.45, 7) is 3.17. The van der Waals surface area contributed by atoms with Crippen molar-refractivity contribution in [3.63, 3.8) is 0 Å². The molecule has 1 saturated carbocycles. The summed E-state index contributed by atoms with van der Waals surface area (Å²) in [6.07, 6.45) is -1.71. The fourth-order valence-electron chi connectivity index (χ4n) is 3.29. The van der Waals surface area contributed by atoms with Gasteiger partial charge in [-0.25, -0.2) is 17.2 Å². The third kappa shape index (κ3) is 3.62. The molecule has 2 rings (SSSR count). The van der Waals surface area contributed by atoms with E-state index in [0.717, 1.165) is 4.90 Å². The maximum Gasteiger partial charge on any atom is 0.252 e. The smallest absolute Gasteiger partial charge is 0.252 e. The molecular weight excluding hydrogens is 354 g/mol. The number of likely N-dealkylation sites (N-methyl/N-ethyl adjacent to an activating group) is 1. The molecular formula is C16H22F2N2O4S. The normalized spacial score (nSPS) is 18.4. The maximum atomic E-state index is 13.5. The topological polar surface area (TPSA) is 75.7 Å². The number of benzene rings is 1. The summed E-state index contributed by atoms with van der Waals surface area (Å²) in [4.78, 5) is 13.4. The maximum absolute atomic E-state index is 13.5. The van der Waals surface area contributed by atoms with Crippen LogP contribution in [0.5, 0.6) is 5.75 Å². The Kier molecular flexibility index (Phi) is 4.86. The van der Waals surface area contributed by atoms with Gasteiger partial charge in [-0.15, -0.1) is 0 Å². The predicted molar refractivity (Wildman–Crippen MR) is 88.4 cm³/mol. The second kappa shape index (κ2) is 6.21. The van der Waals surface area contributed by atoms with Crippen molar-refractivity contribution >= 4 is 15.9 Å². The number of carbonyl (C=O) groups is 1. The van der Waals surface area contributed by atoms with E-state index >= 15 is 0 Å². The average molecular weight is 376 g/mol. The van der Waals surface area contributed by atoms with Crippen LogP contribution < -0.4 is 9.46 Å². The van der Waals surface area contributed by atoms with Crippen LogP contribution in [0.15, 0.2) is 17.0 Å². The lowest BCUT2D eigenvalue weighted by Crippen LogP contribution is -2.69. The third-order valence-corrected chi connectivity index (χ3v) is 6.05. The molecule has 1 amide bonds. The van der Waals surface area contributed by atoms with Crippen LogP contribution in [0.1, 0.15) is 24.0 Å². The number of nitrogens with one attached hydrogen (secondary N) is 1. The van der Waals surface area contributed by atoms with Gasteiger partial charge in [0.05, 0.1) is 12.0 Å². The molecule has 9 heteroatoms. The number of ether oxygens (including phenoxy) is 1. The van der Waals surface area contributed by atoms with E-state index in [4.69, 9.17) is 4.74 Å². The summed E-state index contributed by atoms with van der Waals surface area (Å²) in [5, 5.41) is 0. The molecule has 0 atom stereocenters. The predicted octanol–water partition coefficient (Wildman–Crippen LogP) is 1.85. The molecule has 0 aromatic heterocycles. The van der Waals surface area contributed by atoms with Crippen molar-refractivity contribution in [3.05, 3.63) is 23.3 Å². The van der Waals surface area contributed by atoms with Gasteiger partial charge in [-0.2, -0.15) is 4.72 Å². The Labute approximate surface area is 146 Å². The number of aryl methyl sites for hydroxylation is 2. The molecule has 1 fully saturated rings. The molecule has 0 bridgehead atoms. The van der Waals surface area contributed by atoms with Gasteiger partial charge >= 0.3 is 0 Å². The van der Waals surface area contributed by atoms with Gasteiger partial charge in [0.25, 0.3) is 5.92 Å². The average Bonchev–Trinajstić information content (AvgIpc) is 2.42. The first-order valence-electron chi connectivity index (χ1n) is 7.62.